The van der Waals surface area contributed by atoms with Crippen molar-refractivity contribution < 1.29 is 9.53 Å². The van der Waals surface area contributed by atoms with Gasteiger partial charge in [-0.05, 0) is 37.1 Å². The highest BCUT2D eigenvalue weighted by Crippen LogP contribution is 2.35. The van der Waals surface area contributed by atoms with Gasteiger partial charge >= 0.3 is 6.09 Å². The lowest BCUT2D eigenvalue weighted by Gasteiger charge is -2.12. The average molecular weight is 446 g/mol. The zero-order valence-electron chi connectivity index (χ0n) is 16.9. The van der Waals surface area contributed by atoms with Gasteiger partial charge in [-0.3, -0.25) is 15.0 Å². The van der Waals surface area contributed by atoms with Gasteiger partial charge in [-0.15, -0.1) is 0 Å². The van der Waals surface area contributed by atoms with Gasteiger partial charge < -0.3 is 4.74 Å². The van der Waals surface area contributed by atoms with Crippen molar-refractivity contribution in [2.45, 2.75) is 18.9 Å². The molecular formula is C22H16ClN7O2. The predicted molar refractivity (Wildman–Crippen MR) is 118 cm³/mol. The van der Waals surface area contributed by atoms with Crippen LogP contribution in [0.15, 0.2) is 42.7 Å². The molecule has 9 nitrogen and oxygen atoms in total. The van der Waals surface area contributed by atoms with Crippen LogP contribution in [0.4, 0.5) is 10.6 Å². The summed E-state index contributed by atoms with van der Waals surface area (Å²) < 4.78 is 6.85. The molecule has 0 saturated heterocycles. The summed E-state index contributed by atoms with van der Waals surface area (Å²) in [6.07, 6.45) is 4.35. The maximum absolute atomic E-state index is 12.2. The minimum atomic E-state index is -0.669. The van der Waals surface area contributed by atoms with E-state index in [0.29, 0.717) is 33.2 Å². The number of aryl methyl sites for hydroxylation is 1. The van der Waals surface area contributed by atoms with Gasteiger partial charge in [0.15, 0.2) is 11.5 Å². The molecule has 1 aliphatic carbocycles. The van der Waals surface area contributed by atoms with Crippen molar-refractivity contribution >= 4 is 34.4 Å². The van der Waals surface area contributed by atoms with E-state index in [1.54, 1.807) is 36.3 Å². The van der Waals surface area contributed by atoms with Crippen molar-refractivity contribution in [3.8, 4) is 28.7 Å². The van der Waals surface area contributed by atoms with Crippen LogP contribution in [0.1, 0.15) is 18.5 Å². The molecule has 0 aliphatic heterocycles. The topological polar surface area (TPSA) is 119 Å². The highest BCUT2D eigenvalue weighted by atomic mass is 35.5. The van der Waals surface area contributed by atoms with E-state index in [9.17, 15) is 10.1 Å². The van der Waals surface area contributed by atoms with Crippen LogP contribution < -0.4 is 5.32 Å². The summed E-state index contributed by atoms with van der Waals surface area (Å²) >= 11 is 6.47. The number of pyridine rings is 1. The molecule has 5 rings (SSSR count). The lowest BCUT2D eigenvalue weighted by Crippen LogP contribution is -2.17. The first-order chi connectivity index (χ1) is 15.5. The van der Waals surface area contributed by atoms with Gasteiger partial charge in [0.05, 0.1) is 10.5 Å². The molecule has 1 aromatic carbocycles. The number of carbonyl (C=O) groups is 1. The van der Waals surface area contributed by atoms with Crippen molar-refractivity contribution in [1.82, 2.24) is 24.7 Å². The van der Waals surface area contributed by atoms with E-state index in [4.69, 9.17) is 16.3 Å². The summed E-state index contributed by atoms with van der Waals surface area (Å²) in [6, 6.07) is 11.1. The third-order valence-electron chi connectivity index (χ3n) is 4.91. The molecule has 3 aromatic heterocycles. The second-order valence-corrected chi connectivity index (χ2v) is 7.77. The van der Waals surface area contributed by atoms with Gasteiger partial charge in [-0.1, -0.05) is 17.7 Å². The number of rotatable bonds is 4. The van der Waals surface area contributed by atoms with Gasteiger partial charge in [0.1, 0.15) is 29.3 Å². The summed E-state index contributed by atoms with van der Waals surface area (Å²) in [5, 5.41) is 17.9. The Labute approximate surface area is 187 Å². The molecule has 4 aromatic rings. The number of nitrogens with zero attached hydrogens (tertiary/aromatic N) is 6. The van der Waals surface area contributed by atoms with Gasteiger partial charge in [-0.2, -0.15) is 10.4 Å². The normalized spacial score (nSPS) is 13.0. The first-order valence-corrected chi connectivity index (χ1v) is 10.2. The van der Waals surface area contributed by atoms with Crippen LogP contribution in [-0.2, 0) is 11.8 Å². The number of ether oxygens (including phenoxy) is 1. The summed E-state index contributed by atoms with van der Waals surface area (Å²) in [4.78, 5) is 25.6. The fourth-order valence-electron chi connectivity index (χ4n) is 3.27. The Hall–Kier alpha value is -4.03. The Morgan fingerprint density at radius 1 is 1.28 bits per heavy atom. The van der Waals surface area contributed by atoms with Crippen molar-refractivity contribution in [3.05, 3.63) is 53.4 Å². The number of hydrogen-bond donors (Lipinski definition) is 1. The van der Waals surface area contributed by atoms with Crippen LogP contribution in [-0.4, -0.2) is 36.9 Å². The van der Waals surface area contributed by atoms with Gasteiger partial charge in [0.2, 0.25) is 0 Å². The van der Waals surface area contributed by atoms with Gasteiger partial charge in [0.25, 0.3) is 0 Å². The van der Waals surface area contributed by atoms with Crippen molar-refractivity contribution in [1.29, 1.82) is 5.26 Å². The highest BCUT2D eigenvalue weighted by Gasteiger charge is 2.27. The molecular weight excluding hydrogens is 430 g/mol. The number of aromatic nitrogens is 5. The third kappa shape index (κ3) is 3.84. The maximum atomic E-state index is 12.2. The van der Waals surface area contributed by atoms with E-state index in [0.717, 1.165) is 18.2 Å². The number of amides is 1. The molecule has 32 heavy (non-hydrogen) atoms. The van der Waals surface area contributed by atoms with E-state index in [1.165, 1.54) is 0 Å². The van der Waals surface area contributed by atoms with E-state index < -0.39 is 6.09 Å². The Balaban J connectivity index is 1.67. The van der Waals surface area contributed by atoms with Gasteiger partial charge in [-0.25, -0.2) is 14.8 Å². The maximum Gasteiger partial charge on any atom is 0.413 e. The molecule has 10 heteroatoms. The Bertz CT molecular complexity index is 1410. The minimum absolute atomic E-state index is 0.0103. The smallest absolute Gasteiger partial charge is 0.413 e. The Kier molecular flexibility index (Phi) is 4.92. The van der Waals surface area contributed by atoms with E-state index in [2.05, 4.69) is 25.4 Å². The zero-order chi connectivity index (χ0) is 22.2. The molecule has 1 amide bonds. The summed E-state index contributed by atoms with van der Waals surface area (Å²) in [5.74, 6) is 0.0103. The molecule has 1 aliphatic rings. The SMILES string of the molecule is Cn1ccc(-c2nc(NC(=O)OC3CC3)c(C#N)nc2-c2cc(Cl)c3ncccc3c2)n1. The van der Waals surface area contributed by atoms with Crippen molar-refractivity contribution in [3.63, 3.8) is 0 Å². The minimum Gasteiger partial charge on any atom is -0.446 e. The molecule has 3 heterocycles. The Morgan fingerprint density at radius 3 is 2.84 bits per heavy atom. The van der Waals surface area contributed by atoms with Crippen LogP contribution in [0, 0.1) is 11.3 Å². The molecule has 0 atom stereocenters. The Morgan fingerprint density at radius 2 is 2.12 bits per heavy atom. The van der Waals surface area contributed by atoms with Crippen molar-refractivity contribution in [2.75, 3.05) is 5.32 Å². The fraction of sp³-hybridized carbons (Fsp3) is 0.182. The van der Waals surface area contributed by atoms with Crippen LogP contribution in [0.3, 0.4) is 0 Å². The van der Waals surface area contributed by atoms with Crippen LogP contribution >= 0.6 is 11.6 Å². The highest BCUT2D eigenvalue weighted by molar-refractivity contribution is 6.35. The van der Waals surface area contributed by atoms with Gasteiger partial charge in [0, 0.05) is 30.4 Å². The lowest BCUT2D eigenvalue weighted by molar-refractivity contribution is 0.154. The number of benzene rings is 1. The summed E-state index contributed by atoms with van der Waals surface area (Å²) in [7, 11) is 1.78. The number of carbonyl (C=O) groups excluding carboxylic acids is 1. The van der Waals surface area contributed by atoms with E-state index in [1.807, 2.05) is 24.3 Å². The first kappa shape index (κ1) is 19.9. The first-order valence-electron chi connectivity index (χ1n) is 9.86. The predicted octanol–water partition coefficient (Wildman–Crippen LogP) is 4.33. The molecule has 1 saturated carbocycles. The van der Waals surface area contributed by atoms with E-state index in [-0.39, 0.29) is 17.6 Å². The number of fused-ring (bicyclic) bond motifs is 1. The molecule has 0 unspecified atom stereocenters. The molecule has 158 valence electrons. The van der Waals surface area contributed by atoms with E-state index >= 15 is 0 Å². The second-order valence-electron chi connectivity index (χ2n) is 7.37. The largest absolute Gasteiger partial charge is 0.446 e. The molecule has 1 fully saturated rings. The number of anilines is 1. The number of nitrogens with one attached hydrogen (secondary N) is 1. The fourth-order valence-corrected chi connectivity index (χ4v) is 3.55. The van der Waals surface area contributed by atoms with Crippen LogP contribution in [0.2, 0.25) is 5.02 Å². The molecule has 0 spiro atoms. The number of nitriles is 1. The second kappa shape index (κ2) is 7.90. The number of halogens is 1. The molecule has 0 radical (unpaired) electrons. The number of hydrogen-bond acceptors (Lipinski definition) is 7. The summed E-state index contributed by atoms with van der Waals surface area (Å²) in [6.45, 7) is 0. The van der Waals surface area contributed by atoms with Crippen LogP contribution in [0.5, 0.6) is 0 Å². The average Bonchev–Trinajstić information content (AvgIpc) is 3.49. The van der Waals surface area contributed by atoms with Crippen LogP contribution in [0.25, 0.3) is 33.5 Å². The quantitative estimate of drug-likeness (QED) is 0.496. The van der Waals surface area contributed by atoms with Crippen molar-refractivity contribution in [2.24, 2.45) is 7.05 Å². The lowest BCUT2D eigenvalue weighted by atomic mass is 10.0. The zero-order valence-corrected chi connectivity index (χ0v) is 17.7. The molecule has 1 N–H and O–H groups in total. The summed E-state index contributed by atoms with van der Waals surface area (Å²) in [5.41, 5.74) is 2.59. The monoisotopic (exact) mass is 445 g/mol. The molecule has 0 bridgehead atoms. The standard InChI is InChI=1S/C22H16ClN7O2/c1-30-8-6-16(29-30)20-19(13-9-12-3-2-7-25-18(12)15(23)10-13)26-17(11-24)21(27-20)28-22(31)32-14-4-5-14/h2-3,6-10,14H,4-5H2,1H3,(H,27,28,31). The third-order valence-corrected chi connectivity index (χ3v) is 5.20.